The minimum Gasteiger partial charge on any atom is -0.465 e. The molecule has 0 spiro atoms. The lowest BCUT2D eigenvalue weighted by atomic mass is 10.1. The molecule has 1 aliphatic rings. The Morgan fingerprint density at radius 3 is 2.60 bits per heavy atom. The van der Waals surface area contributed by atoms with Crippen LogP contribution in [0.25, 0.3) is 0 Å². The molecule has 7 nitrogen and oxygen atoms in total. The van der Waals surface area contributed by atoms with Gasteiger partial charge >= 0.3 is 5.97 Å². The summed E-state index contributed by atoms with van der Waals surface area (Å²) in [4.78, 5) is 28.1. The fourth-order valence-electron chi connectivity index (χ4n) is 3.11. The molecule has 0 unspecified atom stereocenters. The molecule has 1 saturated heterocycles. The second kappa shape index (κ2) is 7.38. The van der Waals surface area contributed by atoms with Crippen LogP contribution in [-0.4, -0.2) is 59.3 Å². The molecule has 0 aliphatic carbocycles. The quantitative estimate of drug-likeness (QED) is 0.786. The normalized spacial score (nSPS) is 17.4. The Bertz CT molecular complexity index is 727. The van der Waals surface area contributed by atoms with Gasteiger partial charge in [0.25, 0.3) is 0 Å². The van der Waals surface area contributed by atoms with Crippen LogP contribution in [0.4, 0.5) is 5.69 Å². The highest BCUT2D eigenvalue weighted by molar-refractivity contribution is 5.89. The first kappa shape index (κ1) is 17.0. The lowest BCUT2D eigenvalue weighted by molar-refractivity contribution is -0.134. The van der Waals surface area contributed by atoms with Crippen LogP contribution in [0.5, 0.6) is 0 Å². The maximum absolute atomic E-state index is 12.5. The molecule has 1 aliphatic heterocycles. The second-order valence-electron chi connectivity index (χ2n) is 6.12. The van der Waals surface area contributed by atoms with Crippen molar-refractivity contribution in [2.24, 2.45) is 0 Å². The summed E-state index contributed by atoms with van der Waals surface area (Å²) < 4.78 is 6.36. The molecule has 2 heterocycles. The number of carbonyl (C=O) groups is 2. The lowest BCUT2D eigenvalue weighted by Crippen LogP contribution is -2.54. The third-order valence-corrected chi connectivity index (χ3v) is 4.46. The molecule has 1 aromatic heterocycles. The zero-order chi connectivity index (χ0) is 17.8. The van der Waals surface area contributed by atoms with Gasteiger partial charge in [0.1, 0.15) is 6.54 Å². The SMILES string of the molecule is COC(=O)c1ccc(N2CCN(C(=O)Cn3cccn3)[C@@H](C)C2)cc1. The number of hydrogen-bond acceptors (Lipinski definition) is 5. The number of esters is 1. The Morgan fingerprint density at radius 2 is 2.00 bits per heavy atom. The number of aromatic nitrogens is 2. The largest absolute Gasteiger partial charge is 0.465 e. The van der Waals surface area contributed by atoms with Crippen LogP contribution in [0.15, 0.2) is 42.7 Å². The number of rotatable bonds is 4. The zero-order valence-corrected chi connectivity index (χ0v) is 14.5. The summed E-state index contributed by atoms with van der Waals surface area (Å²) >= 11 is 0. The van der Waals surface area contributed by atoms with Crippen molar-refractivity contribution in [2.45, 2.75) is 19.5 Å². The topological polar surface area (TPSA) is 67.7 Å². The van der Waals surface area contributed by atoms with Crippen molar-refractivity contribution >= 4 is 17.6 Å². The number of amides is 1. The van der Waals surface area contributed by atoms with Gasteiger partial charge in [0.2, 0.25) is 5.91 Å². The number of benzene rings is 1. The molecule has 1 atom stereocenters. The second-order valence-corrected chi connectivity index (χ2v) is 6.12. The molecule has 0 bridgehead atoms. The van der Waals surface area contributed by atoms with Crippen molar-refractivity contribution in [3.05, 3.63) is 48.3 Å². The number of nitrogens with zero attached hydrogens (tertiary/aromatic N) is 4. The monoisotopic (exact) mass is 342 g/mol. The van der Waals surface area contributed by atoms with E-state index in [1.54, 1.807) is 29.2 Å². The first-order valence-corrected chi connectivity index (χ1v) is 8.28. The van der Waals surface area contributed by atoms with E-state index in [9.17, 15) is 9.59 Å². The maximum Gasteiger partial charge on any atom is 0.337 e. The van der Waals surface area contributed by atoms with E-state index in [1.165, 1.54) is 7.11 Å². The van der Waals surface area contributed by atoms with Gasteiger partial charge < -0.3 is 14.5 Å². The number of piperazine rings is 1. The first-order chi connectivity index (χ1) is 12.1. The minimum atomic E-state index is -0.339. The summed E-state index contributed by atoms with van der Waals surface area (Å²) in [6, 6.07) is 9.28. The minimum absolute atomic E-state index is 0.0805. The third kappa shape index (κ3) is 3.81. The van der Waals surface area contributed by atoms with E-state index in [4.69, 9.17) is 4.74 Å². The fraction of sp³-hybridized carbons (Fsp3) is 0.389. The van der Waals surface area contributed by atoms with E-state index in [0.29, 0.717) is 12.1 Å². The van der Waals surface area contributed by atoms with Crippen LogP contribution in [0.1, 0.15) is 17.3 Å². The number of anilines is 1. The highest BCUT2D eigenvalue weighted by atomic mass is 16.5. The number of methoxy groups -OCH3 is 1. The van der Waals surface area contributed by atoms with Gasteiger partial charge in [0, 0.05) is 43.8 Å². The van der Waals surface area contributed by atoms with Gasteiger partial charge in [-0.05, 0) is 37.3 Å². The van der Waals surface area contributed by atoms with Crippen molar-refractivity contribution in [1.29, 1.82) is 0 Å². The van der Waals surface area contributed by atoms with E-state index in [2.05, 4.69) is 16.9 Å². The molecule has 7 heteroatoms. The van der Waals surface area contributed by atoms with Crippen LogP contribution in [0.2, 0.25) is 0 Å². The van der Waals surface area contributed by atoms with E-state index in [1.807, 2.05) is 23.1 Å². The predicted octanol–water partition coefficient (Wildman–Crippen LogP) is 1.41. The number of ether oxygens (including phenoxy) is 1. The van der Waals surface area contributed by atoms with Gasteiger partial charge in [-0.15, -0.1) is 0 Å². The maximum atomic E-state index is 12.5. The molecule has 1 fully saturated rings. The van der Waals surface area contributed by atoms with E-state index >= 15 is 0 Å². The molecular weight excluding hydrogens is 320 g/mol. The fourth-order valence-corrected chi connectivity index (χ4v) is 3.11. The van der Waals surface area contributed by atoms with Crippen LogP contribution in [0.3, 0.4) is 0 Å². The van der Waals surface area contributed by atoms with Gasteiger partial charge in [-0.25, -0.2) is 4.79 Å². The van der Waals surface area contributed by atoms with Gasteiger partial charge in [-0.1, -0.05) is 0 Å². The zero-order valence-electron chi connectivity index (χ0n) is 14.5. The summed E-state index contributed by atoms with van der Waals surface area (Å²) in [5.41, 5.74) is 1.58. The van der Waals surface area contributed by atoms with Crippen LogP contribution in [0, 0.1) is 0 Å². The van der Waals surface area contributed by atoms with E-state index in [-0.39, 0.29) is 24.5 Å². The highest BCUT2D eigenvalue weighted by Gasteiger charge is 2.27. The Labute approximate surface area is 146 Å². The van der Waals surface area contributed by atoms with Crippen LogP contribution >= 0.6 is 0 Å². The molecule has 0 N–H and O–H groups in total. The van der Waals surface area contributed by atoms with E-state index in [0.717, 1.165) is 18.8 Å². The van der Waals surface area contributed by atoms with Gasteiger partial charge in [0.05, 0.1) is 12.7 Å². The first-order valence-electron chi connectivity index (χ1n) is 8.28. The van der Waals surface area contributed by atoms with Crippen LogP contribution in [-0.2, 0) is 16.1 Å². The molecule has 25 heavy (non-hydrogen) atoms. The molecule has 3 rings (SSSR count). The molecule has 0 radical (unpaired) electrons. The van der Waals surface area contributed by atoms with Gasteiger partial charge in [0.15, 0.2) is 0 Å². The summed E-state index contributed by atoms with van der Waals surface area (Å²) in [5, 5.41) is 4.09. The Kier molecular flexibility index (Phi) is 5.02. The standard InChI is InChI=1S/C18H22N4O3/c1-14-12-20(16-6-4-15(5-7-16)18(24)25-2)10-11-22(14)17(23)13-21-9-3-8-19-21/h3-9,14H,10-13H2,1-2H3/t14-/m0/s1. The number of carbonyl (C=O) groups excluding carboxylic acids is 2. The van der Waals surface area contributed by atoms with Crippen LogP contribution < -0.4 is 4.90 Å². The Hall–Kier alpha value is -2.83. The molecule has 132 valence electrons. The van der Waals surface area contributed by atoms with Crippen molar-refractivity contribution < 1.29 is 14.3 Å². The molecule has 1 aromatic carbocycles. The van der Waals surface area contributed by atoms with Gasteiger partial charge in [-0.2, -0.15) is 5.10 Å². The summed E-state index contributed by atoms with van der Waals surface area (Å²) in [7, 11) is 1.37. The Balaban J connectivity index is 1.61. The average molecular weight is 342 g/mol. The molecular formula is C18H22N4O3. The van der Waals surface area contributed by atoms with E-state index < -0.39 is 0 Å². The van der Waals surface area contributed by atoms with Crippen molar-refractivity contribution in [3.63, 3.8) is 0 Å². The average Bonchev–Trinajstić information content (AvgIpc) is 3.14. The lowest BCUT2D eigenvalue weighted by Gasteiger charge is -2.41. The molecule has 0 saturated carbocycles. The van der Waals surface area contributed by atoms with Crippen molar-refractivity contribution in [1.82, 2.24) is 14.7 Å². The number of hydrogen-bond donors (Lipinski definition) is 0. The molecule has 1 amide bonds. The van der Waals surface area contributed by atoms with Crippen molar-refractivity contribution in [3.8, 4) is 0 Å². The summed E-state index contributed by atoms with van der Waals surface area (Å²) in [6.45, 7) is 4.50. The smallest absolute Gasteiger partial charge is 0.337 e. The predicted molar refractivity (Wildman–Crippen MR) is 93.4 cm³/mol. The van der Waals surface area contributed by atoms with Crippen molar-refractivity contribution in [2.75, 3.05) is 31.6 Å². The van der Waals surface area contributed by atoms with Gasteiger partial charge in [-0.3, -0.25) is 9.48 Å². The summed E-state index contributed by atoms with van der Waals surface area (Å²) in [6.07, 6.45) is 3.47. The summed E-state index contributed by atoms with van der Waals surface area (Å²) in [5.74, 6) is -0.258. The highest BCUT2D eigenvalue weighted by Crippen LogP contribution is 2.20. The molecule has 2 aromatic rings. The Morgan fingerprint density at radius 1 is 1.24 bits per heavy atom. The third-order valence-electron chi connectivity index (χ3n) is 4.46.